The van der Waals surface area contributed by atoms with Crippen LogP contribution in [0.1, 0.15) is 33.8 Å². The van der Waals surface area contributed by atoms with E-state index in [4.69, 9.17) is 17.3 Å². The zero-order chi connectivity index (χ0) is 18.7. The van der Waals surface area contributed by atoms with Crippen molar-refractivity contribution >= 4 is 23.5 Å². The number of aromatic hydroxyl groups is 1. The molecule has 0 spiro atoms. The molecule has 132 valence electrons. The number of benzene rings is 1. The fourth-order valence-electron chi connectivity index (χ4n) is 2.44. The quantitative estimate of drug-likeness (QED) is 0.693. The Morgan fingerprint density at radius 2 is 2.12 bits per heavy atom. The van der Waals surface area contributed by atoms with Crippen LogP contribution in [0.4, 0.5) is 4.39 Å². The number of nitrogens with two attached hydrogens (primary N) is 1. The summed E-state index contributed by atoms with van der Waals surface area (Å²) in [7, 11) is 1.10. The third-order valence-electron chi connectivity index (χ3n) is 3.61. The molecule has 2 rings (SSSR count). The normalized spacial score (nSPS) is 11.8. The fourth-order valence-corrected chi connectivity index (χ4v) is 2.63. The Balaban J connectivity index is 2.70. The molecule has 0 bridgehead atoms. The summed E-state index contributed by atoms with van der Waals surface area (Å²) >= 11 is 5.75. The second-order valence-corrected chi connectivity index (χ2v) is 5.59. The molecular formula is C16H14ClFN2O5. The Hall–Kier alpha value is -2.87. The highest BCUT2D eigenvalue weighted by Crippen LogP contribution is 2.34. The number of halogens is 2. The lowest BCUT2D eigenvalue weighted by atomic mass is 9.87. The molecule has 1 heterocycles. The van der Waals surface area contributed by atoms with Gasteiger partial charge in [0.15, 0.2) is 0 Å². The molecule has 25 heavy (non-hydrogen) atoms. The molecule has 4 N–H and O–H groups in total. The van der Waals surface area contributed by atoms with E-state index in [0.717, 1.165) is 19.4 Å². The molecule has 1 atom stereocenters. The minimum Gasteiger partial charge on any atom is -0.506 e. The van der Waals surface area contributed by atoms with Gasteiger partial charge >= 0.3 is 5.97 Å². The van der Waals surface area contributed by atoms with Gasteiger partial charge in [-0.2, -0.15) is 0 Å². The number of pyridine rings is 1. The van der Waals surface area contributed by atoms with Gasteiger partial charge in [0.2, 0.25) is 5.91 Å². The number of esters is 1. The van der Waals surface area contributed by atoms with Gasteiger partial charge in [0.25, 0.3) is 5.56 Å². The lowest BCUT2D eigenvalue weighted by Crippen LogP contribution is -2.23. The largest absolute Gasteiger partial charge is 0.506 e. The van der Waals surface area contributed by atoms with Crippen molar-refractivity contribution in [2.45, 2.75) is 12.3 Å². The number of primary amides is 1. The first-order valence-corrected chi connectivity index (χ1v) is 7.40. The van der Waals surface area contributed by atoms with Gasteiger partial charge in [-0.1, -0.05) is 17.7 Å². The maximum absolute atomic E-state index is 13.4. The molecule has 0 radical (unpaired) electrons. The van der Waals surface area contributed by atoms with Crippen LogP contribution in [-0.4, -0.2) is 29.1 Å². The predicted molar refractivity (Wildman–Crippen MR) is 87.1 cm³/mol. The van der Waals surface area contributed by atoms with Gasteiger partial charge in [-0.3, -0.25) is 9.59 Å². The number of aromatic amines is 1. The molecular weight excluding hydrogens is 355 g/mol. The molecule has 1 amide bonds. The van der Waals surface area contributed by atoms with Crippen LogP contribution in [0.5, 0.6) is 5.75 Å². The maximum Gasteiger partial charge on any atom is 0.343 e. The number of hydrogen-bond acceptors (Lipinski definition) is 5. The van der Waals surface area contributed by atoms with Gasteiger partial charge < -0.3 is 20.6 Å². The average Bonchev–Trinajstić information content (AvgIpc) is 2.55. The molecule has 1 unspecified atom stereocenters. The summed E-state index contributed by atoms with van der Waals surface area (Å²) < 4.78 is 17.9. The van der Waals surface area contributed by atoms with Gasteiger partial charge in [0, 0.05) is 18.5 Å². The van der Waals surface area contributed by atoms with E-state index in [1.807, 2.05) is 0 Å². The van der Waals surface area contributed by atoms with Crippen molar-refractivity contribution in [3.8, 4) is 5.75 Å². The number of H-pyrrole nitrogens is 1. The minimum absolute atomic E-state index is 0.230. The number of methoxy groups -OCH3 is 1. The van der Waals surface area contributed by atoms with E-state index in [1.165, 1.54) is 12.1 Å². The van der Waals surface area contributed by atoms with E-state index in [9.17, 15) is 23.9 Å². The smallest absolute Gasteiger partial charge is 0.343 e. The molecule has 1 aromatic carbocycles. The van der Waals surface area contributed by atoms with Crippen molar-refractivity contribution in [3.63, 3.8) is 0 Å². The predicted octanol–water partition coefficient (Wildman–Crippen LogP) is 1.67. The highest BCUT2D eigenvalue weighted by molar-refractivity contribution is 6.30. The van der Waals surface area contributed by atoms with Gasteiger partial charge in [0.1, 0.15) is 17.1 Å². The Bertz CT molecular complexity index is 897. The highest BCUT2D eigenvalue weighted by atomic mass is 35.5. The van der Waals surface area contributed by atoms with Crippen molar-refractivity contribution in [1.29, 1.82) is 0 Å². The molecule has 7 nitrogen and oxygen atoms in total. The van der Waals surface area contributed by atoms with Gasteiger partial charge in [-0.15, -0.1) is 0 Å². The van der Waals surface area contributed by atoms with Gasteiger partial charge in [0.05, 0.1) is 17.7 Å². The topological polar surface area (TPSA) is 122 Å². The third kappa shape index (κ3) is 3.80. The van der Waals surface area contributed by atoms with Crippen molar-refractivity contribution in [2.75, 3.05) is 7.11 Å². The monoisotopic (exact) mass is 368 g/mol. The molecule has 9 heteroatoms. The SMILES string of the molecule is COC(=O)c1c[nH]c(=O)c(C(CC(N)=O)c2ccc(F)c(Cl)c2)c1O. The number of carbonyl (C=O) groups excluding carboxylic acids is 2. The summed E-state index contributed by atoms with van der Waals surface area (Å²) in [6, 6.07) is 3.58. The second kappa shape index (κ2) is 7.35. The summed E-state index contributed by atoms with van der Waals surface area (Å²) in [5.41, 5.74) is 4.20. The molecule has 0 aliphatic rings. The average molecular weight is 369 g/mol. The van der Waals surface area contributed by atoms with Gasteiger partial charge in [-0.25, -0.2) is 9.18 Å². The molecule has 0 aliphatic heterocycles. The second-order valence-electron chi connectivity index (χ2n) is 5.18. The first-order valence-electron chi connectivity index (χ1n) is 7.02. The summed E-state index contributed by atoms with van der Waals surface area (Å²) in [4.78, 5) is 37.7. The van der Waals surface area contributed by atoms with Crippen molar-refractivity contribution in [2.24, 2.45) is 5.73 Å². The van der Waals surface area contributed by atoms with Crippen LogP contribution in [0.25, 0.3) is 0 Å². The summed E-state index contributed by atoms with van der Waals surface area (Å²) in [5, 5.41) is 10.1. The van der Waals surface area contributed by atoms with Crippen LogP contribution in [0.3, 0.4) is 0 Å². The summed E-state index contributed by atoms with van der Waals surface area (Å²) in [6.07, 6.45) is 0.620. The Labute approximate surface area is 146 Å². The lowest BCUT2D eigenvalue weighted by Gasteiger charge is -2.18. The van der Waals surface area contributed by atoms with E-state index in [0.29, 0.717) is 0 Å². The summed E-state index contributed by atoms with van der Waals surface area (Å²) in [6.45, 7) is 0. The lowest BCUT2D eigenvalue weighted by molar-refractivity contribution is -0.118. The first kappa shape index (κ1) is 18.5. The Morgan fingerprint density at radius 3 is 2.68 bits per heavy atom. The molecule has 0 fully saturated rings. The molecule has 1 aromatic heterocycles. The molecule has 0 saturated carbocycles. The van der Waals surface area contributed by atoms with Crippen molar-refractivity contribution in [1.82, 2.24) is 4.98 Å². The van der Waals surface area contributed by atoms with E-state index in [1.54, 1.807) is 0 Å². The number of ether oxygens (including phenoxy) is 1. The Kier molecular flexibility index (Phi) is 5.43. The van der Waals surface area contributed by atoms with Crippen LogP contribution in [0.2, 0.25) is 5.02 Å². The van der Waals surface area contributed by atoms with E-state index < -0.39 is 34.9 Å². The fraction of sp³-hybridized carbons (Fsp3) is 0.188. The number of carbonyl (C=O) groups is 2. The molecule has 0 saturated heterocycles. The van der Waals surface area contributed by atoms with Gasteiger partial charge in [-0.05, 0) is 17.7 Å². The third-order valence-corrected chi connectivity index (χ3v) is 3.90. The van der Waals surface area contributed by atoms with Crippen LogP contribution in [0.15, 0.2) is 29.2 Å². The molecule has 0 aliphatic carbocycles. The summed E-state index contributed by atoms with van der Waals surface area (Å²) in [5.74, 6) is -4.03. The van der Waals surface area contributed by atoms with Crippen LogP contribution < -0.4 is 11.3 Å². The number of nitrogens with one attached hydrogen (secondary N) is 1. The highest BCUT2D eigenvalue weighted by Gasteiger charge is 2.27. The molecule has 2 aromatic rings. The van der Waals surface area contributed by atoms with E-state index in [-0.39, 0.29) is 28.1 Å². The maximum atomic E-state index is 13.4. The van der Waals surface area contributed by atoms with Crippen LogP contribution >= 0.6 is 11.6 Å². The number of amides is 1. The van der Waals surface area contributed by atoms with Crippen LogP contribution in [-0.2, 0) is 9.53 Å². The zero-order valence-corrected chi connectivity index (χ0v) is 13.8. The van der Waals surface area contributed by atoms with Crippen molar-refractivity contribution < 1.29 is 23.8 Å². The minimum atomic E-state index is -1.04. The number of rotatable bonds is 5. The Morgan fingerprint density at radius 1 is 1.44 bits per heavy atom. The number of hydrogen-bond donors (Lipinski definition) is 3. The van der Waals surface area contributed by atoms with E-state index >= 15 is 0 Å². The first-order chi connectivity index (χ1) is 11.8. The standard InChI is InChI=1S/C16H14ClFN2O5/c1-25-16(24)9-6-20-15(23)13(14(9)22)8(5-12(19)21)7-2-3-11(18)10(17)4-7/h2-4,6,8H,5H2,1H3,(H2,19,21)(H2,20,22,23). The van der Waals surface area contributed by atoms with Crippen molar-refractivity contribution in [3.05, 3.63) is 62.3 Å². The van der Waals surface area contributed by atoms with E-state index in [2.05, 4.69) is 9.72 Å². The number of aromatic nitrogens is 1. The van der Waals surface area contributed by atoms with Crippen LogP contribution in [0, 0.1) is 5.82 Å². The zero-order valence-electron chi connectivity index (χ0n) is 13.0.